The predicted molar refractivity (Wildman–Crippen MR) is 112 cm³/mol. The van der Waals surface area contributed by atoms with E-state index in [1.807, 2.05) is 13.0 Å². The van der Waals surface area contributed by atoms with Gasteiger partial charge in [0.05, 0.1) is 9.85 Å². The topological polar surface area (TPSA) is 165 Å². The largest absolute Gasteiger partial charge is 0.355 e. The molecule has 0 aliphatic rings. The van der Waals surface area contributed by atoms with E-state index >= 15 is 0 Å². The highest BCUT2D eigenvalue weighted by Crippen LogP contribution is 2.31. The lowest BCUT2D eigenvalue weighted by atomic mass is 10.2. The van der Waals surface area contributed by atoms with Crippen molar-refractivity contribution in [1.82, 2.24) is 15.4 Å². The van der Waals surface area contributed by atoms with Crippen molar-refractivity contribution in [2.24, 2.45) is 0 Å². The number of carbonyl (C=O) groups excluding carboxylic acids is 1. The van der Waals surface area contributed by atoms with Crippen LogP contribution < -0.4 is 16.2 Å². The Balaban J connectivity index is 1.83. The molecular formula is C18H14ClN7O5. The van der Waals surface area contributed by atoms with Gasteiger partial charge < -0.3 is 5.32 Å². The van der Waals surface area contributed by atoms with Gasteiger partial charge in [-0.1, -0.05) is 23.7 Å². The molecule has 1 amide bonds. The average molecular weight is 444 g/mol. The first-order valence-corrected chi connectivity index (χ1v) is 8.97. The fourth-order valence-electron chi connectivity index (χ4n) is 2.58. The van der Waals surface area contributed by atoms with Crippen LogP contribution in [-0.4, -0.2) is 25.7 Å². The van der Waals surface area contributed by atoms with Gasteiger partial charge in [0, 0.05) is 17.3 Å². The second-order valence-corrected chi connectivity index (χ2v) is 6.58. The van der Waals surface area contributed by atoms with Crippen molar-refractivity contribution in [3.05, 3.63) is 85.2 Å². The van der Waals surface area contributed by atoms with E-state index in [4.69, 9.17) is 11.6 Å². The highest BCUT2D eigenvalue weighted by molar-refractivity contribution is 6.32. The first kappa shape index (κ1) is 21.4. The minimum Gasteiger partial charge on any atom is -0.334 e. The summed E-state index contributed by atoms with van der Waals surface area (Å²) in [6.45, 7) is 1.86. The quantitative estimate of drug-likeness (QED) is 0.364. The third-order valence-corrected chi connectivity index (χ3v) is 4.30. The molecule has 0 spiro atoms. The molecule has 0 fully saturated rings. The normalized spacial score (nSPS) is 10.3. The highest BCUT2D eigenvalue weighted by Gasteiger charge is 2.24. The molecule has 0 aliphatic heterocycles. The Kier molecular flexibility index (Phi) is 6.21. The van der Waals surface area contributed by atoms with E-state index in [2.05, 4.69) is 26.1 Å². The maximum atomic E-state index is 12.3. The Morgan fingerprint density at radius 1 is 1.03 bits per heavy atom. The van der Waals surface area contributed by atoms with Gasteiger partial charge in [0.25, 0.3) is 11.6 Å². The SMILES string of the molecule is Cc1cccc(Nc2ncnc(NNC(=O)c3ccc(Cl)c([N+](=O)[O-])c3)c2[N+](=O)[O-])c1. The molecule has 13 heteroatoms. The number of anilines is 3. The van der Waals surface area contributed by atoms with Crippen molar-refractivity contribution in [3.8, 4) is 0 Å². The zero-order chi connectivity index (χ0) is 22.5. The second kappa shape index (κ2) is 9.00. The number of hydrazine groups is 1. The Morgan fingerprint density at radius 3 is 2.45 bits per heavy atom. The number of nitrogens with zero attached hydrogens (tertiary/aromatic N) is 4. The van der Waals surface area contributed by atoms with E-state index < -0.39 is 27.1 Å². The maximum Gasteiger partial charge on any atom is 0.355 e. The zero-order valence-corrected chi connectivity index (χ0v) is 16.6. The number of rotatable bonds is 7. The lowest BCUT2D eigenvalue weighted by molar-refractivity contribution is -0.384. The van der Waals surface area contributed by atoms with Gasteiger partial charge in [-0.25, -0.2) is 9.97 Å². The molecule has 0 unspecified atom stereocenters. The molecule has 158 valence electrons. The molecule has 0 atom stereocenters. The van der Waals surface area contributed by atoms with E-state index in [9.17, 15) is 25.0 Å². The fourth-order valence-corrected chi connectivity index (χ4v) is 2.76. The Hall–Kier alpha value is -4.32. The summed E-state index contributed by atoms with van der Waals surface area (Å²) >= 11 is 5.73. The number of carbonyl (C=O) groups is 1. The van der Waals surface area contributed by atoms with Crippen molar-refractivity contribution in [2.75, 3.05) is 10.7 Å². The minimum atomic E-state index is -0.791. The summed E-state index contributed by atoms with van der Waals surface area (Å²) in [5.74, 6) is -1.17. The van der Waals surface area contributed by atoms with Gasteiger partial charge in [0.1, 0.15) is 11.3 Å². The Labute approximate surface area is 179 Å². The Bertz CT molecular complexity index is 1190. The number of hydrogen-bond donors (Lipinski definition) is 3. The van der Waals surface area contributed by atoms with E-state index in [1.54, 1.807) is 18.2 Å². The number of amides is 1. The van der Waals surface area contributed by atoms with Crippen LogP contribution >= 0.6 is 11.6 Å². The summed E-state index contributed by atoms with van der Waals surface area (Å²) in [6, 6.07) is 10.6. The fraction of sp³-hybridized carbons (Fsp3) is 0.0556. The van der Waals surface area contributed by atoms with Gasteiger partial charge in [-0.3, -0.25) is 35.9 Å². The predicted octanol–water partition coefficient (Wildman–Crippen LogP) is 3.76. The molecule has 12 nitrogen and oxygen atoms in total. The molecule has 31 heavy (non-hydrogen) atoms. The number of nitro groups is 2. The van der Waals surface area contributed by atoms with E-state index in [0.29, 0.717) is 5.69 Å². The number of benzene rings is 2. The third-order valence-electron chi connectivity index (χ3n) is 3.99. The van der Waals surface area contributed by atoms with Crippen LogP contribution in [0.4, 0.5) is 28.7 Å². The van der Waals surface area contributed by atoms with E-state index in [0.717, 1.165) is 18.0 Å². The molecule has 1 aromatic heterocycles. The Morgan fingerprint density at radius 2 is 1.77 bits per heavy atom. The van der Waals surface area contributed by atoms with Crippen molar-refractivity contribution >= 4 is 46.2 Å². The van der Waals surface area contributed by atoms with E-state index in [-0.39, 0.29) is 22.2 Å². The van der Waals surface area contributed by atoms with Crippen LogP contribution in [-0.2, 0) is 0 Å². The molecule has 2 aromatic carbocycles. The van der Waals surface area contributed by atoms with Crippen LogP contribution in [0.1, 0.15) is 15.9 Å². The highest BCUT2D eigenvalue weighted by atomic mass is 35.5. The summed E-state index contributed by atoms with van der Waals surface area (Å²) in [5, 5.41) is 25.3. The number of aryl methyl sites for hydroxylation is 1. The first-order chi connectivity index (χ1) is 14.8. The number of nitrogens with one attached hydrogen (secondary N) is 3. The van der Waals surface area contributed by atoms with Gasteiger partial charge in [-0.15, -0.1) is 0 Å². The van der Waals surface area contributed by atoms with Gasteiger partial charge in [-0.05, 0) is 36.8 Å². The molecule has 3 rings (SSSR count). The zero-order valence-electron chi connectivity index (χ0n) is 15.8. The third kappa shape index (κ3) is 5.00. The van der Waals surface area contributed by atoms with Crippen LogP contribution in [0, 0.1) is 27.2 Å². The molecule has 0 bridgehead atoms. The molecule has 1 heterocycles. The van der Waals surface area contributed by atoms with Crippen molar-refractivity contribution in [1.29, 1.82) is 0 Å². The summed E-state index contributed by atoms with van der Waals surface area (Å²) in [4.78, 5) is 41.2. The second-order valence-electron chi connectivity index (χ2n) is 6.17. The molecule has 3 aromatic rings. The average Bonchev–Trinajstić information content (AvgIpc) is 2.72. The monoisotopic (exact) mass is 443 g/mol. The van der Waals surface area contributed by atoms with Crippen molar-refractivity contribution in [2.45, 2.75) is 6.92 Å². The van der Waals surface area contributed by atoms with E-state index in [1.165, 1.54) is 12.1 Å². The summed E-state index contributed by atoms with van der Waals surface area (Å²) in [5.41, 5.74) is 5.04. The molecule has 3 N–H and O–H groups in total. The van der Waals surface area contributed by atoms with Crippen LogP contribution in [0.3, 0.4) is 0 Å². The maximum absolute atomic E-state index is 12.3. The summed E-state index contributed by atoms with van der Waals surface area (Å²) in [7, 11) is 0. The van der Waals surface area contributed by atoms with Crippen LogP contribution in [0.25, 0.3) is 0 Å². The van der Waals surface area contributed by atoms with Crippen LogP contribution in [0.2, 0.25) is 5.02 Å². The number of nitro benzene ring substituents is 1. The van der Waals surface area contributed by atoms with Crippen LogP contribution in [0.5, 0.6) is 0 Å². The number of halogens is 1. The summed E-state index contributed by atoms with van der Waals surface area (Å²) < 4.78 is 0. The molecule has 0 aliphatic carbocycles. The minimum absolute atomic E-state index is 0.0848. The van der Waals surface area contributed by atoms with Crippen molar-refractivity contribution < 1.29 is 14.6 Å². The molecular weight excluding hydrogens is 430 g/mol. The smallest absolute Gasteiger partial charge is 0.334 e. The number of aromatic nitrogens is 2. The summed E-state index contributed by atoms with van der Waals surface area (Å²) in [6.07, 6.45) is 1.08. The lowest BCUT2D eigenvalue weighted by Crippen LogP contribution is -2.30. The van der Waals surface area contributed by atoms with Gasteiger partial charge in [-0.2, -0.15) is 0 Å². The standard InChI is InChI=1S/C18H14ClN7O5/c1-10-3-2-4-12(7-10)22-16-15(26(30)31)17(21-9-20-16)23-24-18(27)11-5-6-13(19)14(8-11)25(28)29/h2-9H,1H3,(H,24,27)(H2,20,21,22,23). The molecule has 0 saturated carbocycles. The van der Waals surface area contributed by atoms with Crippen molar-refractivity contribution in [3.63, 3.8) is 0 Å². The molecule has 0 radical (unpaired) electrons. The van der Waals surface area contributed by atoms with Gasteiger partial charge in [0.15, 0.2) is 0 Å². The molecule has 0 saturated heterocycles. The van der Waals surface area contributed by atoms with Gasteiger partial charge in [0.2, 0.25) is 11.6 Å². The lowest BCUT2D eigenvalue weighted by Gasteiger charge is -2.11. The van der Waals surface area contributed by atoms with Gasteiger partial charge >= 0.3 is 5.69 Å². The first-order valence-electron chi connectivity index (χ1n) is 8.59. The number of hydrogen-bond acceptors (Lipinski definition) is 9. The van der Waals surface area contributed by atoms with Crippen LogP contribution in [0.15, 0.2) is 48.8 Å².